The number of hydrogen-bond donors (Lipinski definition) is 2. The number of hydrogen-bond acceptors (Lipinski definition) is 5. The van der Waals surface area contributed by atoms with Crippen molar-refractivity contribution in [1.29, 1.82) is 0 Å². The van der Waals surface area contributed by atoms with Gasteiger partial charge in [0.2, 0.25) is 0 Å². The molecule has 1 aliphatic rings. The van der Waals surface area contributed by atoms with Crippen LogP contribution in [0.25, 0.3) is 0 Å². The lowest BCUT2D eigenvalue weighted by molar-refractivity contribution is 0.240. The summed E-state index contributed by atoms with van der Waals surface area (Å²) in [5.74, 6) is 0.0994. The molecule has 5 nitrogen and oxygen atoms in total. The van der Waals surface area contributed by atoms with Gasteiger partial charge in [0.15, 0.2) is 0 Å². The Morgan fingerprint density at radius 3 is 2.78 bits per heavy atom. The molecule has 0 saturated carbocycles. The molecule has 0 atom stereocenters. The molecule has 2 rings (SSSR count). The third-order valence-corrected chi connectivity index (χ3v) is 3.21. The van der Waals surface area contributed by atoms with Gasteiger partial charge in [0.05, 0.1) is 18.5 Å². The molecule has 0 aromatic carbocycles. The van der Waals surface area contributed by atoms with Gasteiger partial charge in [0.1, 0.15) is 5.75 Å². The molecule has 0 bridgehead atoms. The molecule has 0 amide bonds. The van der Waals surface area contributed by atoms with Crippen LogP contribution in [-0.2, 0) is 6.61 Å². The van der Waals surface area contributed by atoms with Gasteiger partial charge in [-0.2, -0.15) is 5.10 Å². The molecule has 1 fully saturated rings. The van der Waals surface area contributed by atoms with E-state index in [9.17, 15) is 10.2 Å². The summed E-state index contributed by atoms with van der Waals surface area (Å²) in [6.07, 6.45) is 6.78. The molecule has 1 saturated heterocycles. The van der Waals surface area contributed by atoms with Crippen molar-refractivity contribution in [3.05, 3.63) is 23.0 Å². The summed E-state index contributed by atoms with van der Waals surface area (Å²) in [5.41, 5.74) is 1.71. The molecule has 98 valence electrons. The van der Waals surface area contributed by atoms with Gasteiger partial charge in [-0.15, -0.1) is 0 Å². The third kappa shape index (κ3) is 2.79. The average molecular weight is 249 g/mol. The van der Waals surface area contributed by atoms with Crippen LogP contribution in [0.15, 0.2) is 11.3 Å². The maximum atomic E-state index is 9.96. The lowest BCUT2D eigenvalue weighted by Crippen LogP contribution is -2.24. The van der Waals surface area contributed by atoms with Crippen molar-refractivity contribution in [2.75, 3.05) is 13.1 Å². The number of piperidine rings is 1. The number of aromatic nitrogens is 1. The number of aliphatic hydroxyl groups is 1. The minimum absolute atomic E-state index is 0.0994. The highest BCUT2D eigenvalue weighted by atomic mass is 16.3. The Kier molecular flexibility index (Phi) is 4.15. The van der Waals surface area contributed by atoms with Gasteiger partial charge in [-0.1, -0.05) is 0 Å². The molecule has 0 radical (unpaired) electrons. The van der Waals surface area contributed by atoms with Gasteiger partial charge in [-0.3, -0.25) is 9.99 Å². The summed E-state index contributed by atoms with van der Waals surface area (Å²) in [4.78, 5) is 4.02. The Labute approximate surface area is 107 Å². The zero-order chi connectivity index (χ0) is 13.0. The smallest absolute Gasteiger partial charge is 0.145 e. The molecule has 2 heterocycles. The third-order valence-electron chi connectivity index (χ3n) is 3.21. The van der Waals surface area contributed by atoms with Crippen molar-refractivity contribution in [1.82, 2.24) is 9.99 Å². The second-order valence-electron chi connectivity index (χ2n) is 4.55. The largest absolute Gasteiger partial charge is 0.505 e. The van der Waals surface area contributed by atoms with Gasteiger partial charge in [0, 0.05) is 30.4 Å². The zero-order valence-corrected chi connectivity index (χ0v) is 10.6. The van der Waals surface area contributed by atoms with E-state index in [0.29, 0.717) is 16.8 Å². The average Bonchev–Trinajstić information content (AvgIpc) is 2.41. The fourth-order valence-corrected chi connectivity index (χ4v) is 2.05. The maximum Gasteiger partial charge on any atom is 0.145 e. The standard InChI is InChI=1S/C13H19N3O2/c1-10-13(18)12(11(9-17)7-14-10)8-15-16-5-3-2-4-6-16/h7-8,17-18H,2-6,9H2,1H3/b15-8+. The summed E-state index contributed by atoms with van der Waals surface area (Å²) in [6, 6.07) is 0. The first-order chi connectivity index (χ1) is 8.72. The first-order valence-corrected chi connectivity index (χ1v) is 6.29. The number of hydrazone groups is 1. The lowest BCUT2D eigenvalue weighted by atomic mass is 10.1. The van der Waals surface area contributed by atoms with E-state index in [1.54, 1.807) is 19.3 Å². The van der Waals surface area contributed by atoms with E-state index in [0.717, 1.165) is 25.9 Å². The van der Waals surface area contributed by atoms with E-state index < -0.39 is 0 Å². The van der Waals surface area contributed by atoms with Crippen LogP contribution in [0.3, 0.4) is 0 Å². The Morgan fingerprint density at radius 1 is 1.39 bits per heavy atom. The van der Waals surface area contributed by atoms with Crippen LogP contribution in [0.2, 0.25) is 0 Å². The van der Waals surface area contributed by atoms with Crippen molar-refractivity contribution in [2.24, 2.45) is 5.10 Å². The molecule has 1 aromatic heterocycles. The summed E-state index contributed by atoms with van der Waals surface area (Å²) in [6.45, 7) is 3.49. The van der Waals surface area contributed by atoms with Crippen LogP contribution in [0.1, 0.15) is 36.1 Å². The molecular formula is C13H19N3O2. The van der Waals surface area contributed by atoms with Crippen LogP contribution in [0.4, 0.5) is 0 Å². The Balaban J connectivity index is 2.21. The summed E-state index contributed by atoms with van der Waals surface area (Å²) in [7, 11) is 0. The van der Waals surface area contributed by atoms with E-state index in [4.69, 9.17) is 0 Å². The van der Waals surface area contributed by atoms with E-state index in [1.165, 1.54) is 6.42 Å². The normalized spacial score (nSPS) is 16.4. The van der Waals surface area contributed by atoms with Crippen molar-refractivity contribution < 1.29 is 10.2 Å². The van der Waals surface area contributed by atoms with Crippen molar-refractivity contribution in [3.63, 3.8) is 0 Å². The molecule has 5 heteroatoms. The number of pyridine rings is 1. The van der Waals surface area contributed by atoms with Crippen LogP contribution in [0.5, 0.6) is 5.75 Å². The van der Waals surface area contributed by atoms with Gasteiger partial charge in [0.25, 0.3) is 0 Å². The van der Waals surface area contributed by atoms with Crippen molar-refractivity contribution in [2.45, 2.75) is 32.8 Å². The SMILES string of the molecule is Cc1ncc(CO)c(/C=N/N2CCCCC2)c1O. The number of aryl methyl sites for hydroxylation is 1. The van der Waals surface area contributed by atoms with Gasteiger partial charge >= 0.3 is 0 Å². The predicted molar refractivity (Wildman–Crippen MR) is 69.6 cm³/mol. The van der Waals surface area contributed by atoms with Crippen molar-refractivity contribution in [3.8, 4) is 5.75 Å². The second kappa shape index (κ2) is 5.82. The Bertz CT molecular complexity index is 440. The predicted octanol–water partition coefficient (Wildman–Crippen LogP) is 1.41. The lowest BCUT2D eigenvalue weighted by Gasteiger charge is -2.23. The number of aromatic hydroxyl groups is 1. The van der Waals surface area contributed by atoms with Crippen LogP contribution in [-0.4, -0.2) is 39.5 Å². The molecule has 1 aliphatic heterocycles. The molecule has 1 aromatic rings. The maximum absolute atomic E-state index is 9.96. The Morgan fingerprint density at radius 2 is 2.11 bits per heavy atom. The second-order valence-corrected chi connectivity index (χ2v) is 4.55. The summed E-state index contributed by atoms with van der Waals surface area (Å²) >= 11 is 0. The van der Waals surface area contributed by atoms with Crippen LogP contribution < -0.4 is 0 Å². The summed E-state index contributed by atoms with van der Waals surface area (Å²) in [5, 5.41) is 25.6. The minimum Gasteiger partial charge on any atom is -0.505 e. The minimum atomic E-state index is -0.151. The number of rotatable bonds is 3. The van der Waals surface area contributed by atoms with E-state index >= 15 is 0 Å². The van der Waals surface area contributed by atoms with E-state index in [2.05, 4.69) is 10.1 Å². The fraction of sp³-hybridized carbons (Fsp3) is 0.538. The molecule has 18 heavy (non-hydrogen) atoms. The van der Waals surface area contributed by atoms with Gasteiger partial charge in [-0.25, -0.2) is 0 Å². The van der Waals surface area contributed by atoms with E-state index in [-0.39, 0.29) is 12.4 Å². The molecular weight excluding hydrogens is 230 g/mol. The number of nitrogens with zero attached hydrogens (tertiary/aromatic N) is 3. The fourth-order valence-electron chi connectivity index (χ4n) is 2.05. The monoisotopic (exact) mass is 249 g/mol. The quantitative estimate of drug-likeness (QED) is 0.795. The first-order valence-electron chi connectivity index (χ1n) is 6.29. The van der Waals surface area contributed by atoms with Crippen molar-refractivity contribution >= 4 is 6.21 Å². The number of aliphatic hydroxyl groups excluding tert-OH is 1. The van der Waals surface area contributed by atoms with Crippen LogP contribution >= 0.6 is 0 Å². The Hall–Kier alpha value is -1.62. The molecule has 0 unspecified atom stereocenters. The van der Waals surface area contributed by atoms with Gasteiger partial charge in [-0.05, 0) is 26.2 Å². The highest BCUT2D eigenvalue weighted by Crippen LogP contribution is 2.22. The molecule has 2 N–H and O–H groups in total. The zero-order valence-electron chi connectivity index (χ0n) is 10.6. The highest BCUT2D eigenvalue weighted by molar-refractivity contribution is 5.85. The topological polar surface area (TPSA) is 69.0 Å². The van der Waals surface area contributed by atoms with Crippen LogP contribution in [0, 0.1) is 6.92 Å². The van der Waals surface area contributed by atoms with Gasteiger partial charge < -0.3 is 10.2 Å². The summed E-state index contributed by atoms with van der Waals surface area (Å²) < 4.78 is 0. The molecule has 0 aliphatic carbocycles. The first kappa shape index (κ1) is 12.8. The highest BCUT2D eigenvalue weighted by Gasteiger charge is 2.11. The van der Waals surface area contributed by atoms with E-state index in [1.807, 2.05) is 5.01 Å². The molecule has 0 spiro atoms.